The Bertz CT molecular complexity index is 809. The van der Waals surface area contributed by atoms with Crippen LogP contribution in [-0.2, 0) is 13.6 Å². The van der Waals surface area contributed by atoms with Crippen LogP contribution in [0.2, 0.25) is 0 Å². The van der Waals surface area contributed by atoms with E-state index < -0.39 is 0 Å². The average molecular weight is 328 g/mol. The highest BCUT2D eigenvalue weighted by atomic mass is 16.1. The molecule has 3 rings (SSSR count). The third kappa shape index (κ3) is 3.20. The molecule has 2 aromatic heterocycles. The summed E-state index contributed by atoms with van der Waals surface area (Å²) in [5.74, 6) is 0.750. The minimum absolute atomic E-state index is 0.149. The van der Waals surface area contributed by atoms with Crippen molar-refractivity contribution in [3.8, 4) is 6.07 Å². The van der Waals surface area contributed by atoms with Gasteiger partial charge in [0.25, 0.3) is 5.56 Å². The van der Waals surface area contributed by atoms with Gasteiger partial charge in [0.2, 0.25) is 5.65 Å². The van der Waals surface area contributed by atoms with Gasteiger partial charge in [0.05, 0.1) is 18.0 Å². The maximum Gasteiger partial charge on any atom is 0.295 e. The van der Waals surface area contributed by atoms with Crippen LogP contribution in [0.15, 0.2) is 17.2 Å². The van der Waals surface area contributed by atoms with E-state index in [9.17, 15) is 10.1 Å². The monoisotopic (exact) mass is 328 g/mol. The normalized spacial score (nSPS) is 17.2. The summed E-state index contributed by atoms with van der Waals surface area (Å²) in [7, 11) is 3.73. The topological polar surface area (TPSA) is 79.2 Å². The van der Waals surface area contributed by atoms with E-state index in [4.69, 9.17) is 0 Å². The molecule has 2 heterocycles. The fraction of sp³-hybridized carbons (Fsp3) is 0.647. The van der Waals surface area contributed by atoms with Crippen molar-refractivity contribution in [1.29, 1.82) is 5.26 Å². The molecule has 0 aromatic carbocycles. The highest BCUT2D eigenvalue weighted by Gasteiger charge is 2.31. The first-order valence-electron chi connectivity index (χ1n) is 8.54. The third-order valence-electron chi connectivity index (χ3n) is 5.15. The molecule has 0 saturated heterocycles. The standard InChI is InChI=1S/C17H24N6O/c1-21(9-8-17(13-18)6-4-3-5-7-17)12-14-19-20-15-16(24)22(2)10-11-23(14)15/h10-11H,3-9,12H2,1-2H3. The van der Waals surface area contributed by atoms with Crippen LogP contribution in [0.25, 0.3) is 5.65 Å². The van der Waals surface area contributed by atoms with Gasteiger partial charge in [0.1, 0.15) is 0 Å². The number of nitriles is 1. The zero-order chi connectivity index (χ0) is 17.2. The van der Waals surface area contributed by atoms with Crippen molar-refractivity contribution in [2.75, 3.05) is 13.6 Å². The molecular weight excluding hydrogens is 304 g/mol. The van der Waals surface area contributed by atoms with Crippen LogP contribution in [0.5, 0.6) is 0 Å². The van der Waals surface area contributed by atoms with Crippen LogP contribution in [0.1, 0.15) is 44.3 Å². The van der Waals surface area contributed by atoms with Crippen molar-refractivity contribution in [2.45, 2.75) is 45.1 Å². The van der Waals surface area contributed by atoms with Crippen LogP contribution < -0.4 is 5.56 Å². The number of aryl methyl sites for hydroxylation is 1. The summed E-state index contributed by atoms with van der Waals surface area (Å²) in [4.78, 5) is 14.2. The quantitative estimate of drug-likeness (QED) is 0.835. The first-order chi connectivity index (χ1) is 11.5. The zero-order valence-electron chi connectivity index (χ0n) is 14.4. The summed E-state index contributed by atoms with van der Waals surface area (Å²) in [6.07, 6.45) is 10.0. The van der Waals surface area contributed by atoms with Gasteiger partial charge in [-0.25, -0.2) is 0 Å². The van der Waals surface area contributed by atoms with E-state index in [1.165, 1.54) is 11.0 Å². The van der Waals surface area contributed by atoms with Gasteiger partial charge in [-0.05, 0) is 32.9 Å². The molecule has 1 aliphatic carbocycles. The van der Waals surface area contributed by atoms with E-state index in [-0.39, 0.29) is 11.0 Å². The van der Waals surface area contributed by atoms with E-state index >= 15 is 0 Å². The molecule has 0 spiro atoms. The number of fused-ring (bicyclic) bond motifs is 1. The first kappa shape index (κ1) is 16.7. The van der Waals surface area contributed by atoms with Gasteiger partial charge in [0, 0.05) is 19.4 Å². The lowest BCUT2D eigenvalue weighted by atomic mass is 9.73. The Balaban J connectivity index is 1.67. The highest BCUT2D eigenvalue weighted by Crippen LogP contribution is 2.38. The summed E-state index contributed by atoms with van der Waals surface area (Å²) in [6, 6.07) is 2.57. The Morgan fingerprint density at radius 2 is 2.04 bits per heavy atom. The van der Waals surface area contributed by atoms with Gasteiger partial charge in [-0.2, -0.15) is 5.26 Å². The summed E-state index contributed by atoms with van der Waals surface area (Å²) >= 11 is 0. The van der Waals surface area contributed by atoms with Crippen molar-refractivity contribution in [1.82, 2.24) is 24.1 Å². The minimum atomic E-state index is -0.157. The van der Waals surface area contributed by atoms with E-state index in [0.29, 0.717) is 12.2 Å². The highest BCUT2D eigenvalue weighted by molar-refractivity contribution is 5.34. The summed E-state index contributed by atoms with van der Waals surface area (Å²) in [5, 5.41) is 17.8. The van der Waals surface area contributed by atoms with Crippen molar-refractivity contribution >= 4 is 5.65 Å². The van der Waals surface area contributed by atoms with Crippen LogP contribution in [0, 0.1) is 16.7 Å². The lowest BCUT2D eigenvalue weighted by molar-refractivity contribution is 0.203. The lowest BCUT2D eigenvalue weighted by Crippen LogP contribution is -2.29. The average Bonchev–Trinajstić information content (AvgIpc) is 3.01. The van der Waals surface area contributed by atoms with Gasteiger partial charge in [0.15, 0.2) is 5.82 Å². The van der Waals surface area contributed by atoms with E-state index in [0.717, 1.165) is 44.5 Å². The molecule has 0 unspecified atom stereocenters. The van der Waals surface area contributed by atoms with Crippen molar-refractivity contribution in [3.05, 3.63) is 28.6 Å². The molecule has 0 N–H and O–H groups in total. The third-order valence-corrected chi connectivity index (χ3v) is 5.15. The molecule has 0 aliphatic heterocycles. The van der Waals surface area contributed by atoms with Gasteiger partial charge >= 0.3 is 0 Å². The Labute approximate surface area is 141 Å². The first-order valence-corrected chi connectivity index (χ1v) is 8.54. The fourth-order valence-corrected chi connectivity index (χ4v) is 3.50. The molecule has 2 aromatic rings. The molecule has 0 atom stereocenters. The Morgan fingerprint density at radius 3 is 2.75 bits per heavy atom. The SMILES string of the molecule is CN(CCC1(C#N)CCCCC1)Cc1nnc2c(=O)n(C)ccn12. The largest absolute Gasteiger partial charge is 0.314 e. The van der Waals surface area contributed by atoms with Gasteiger partial charge < -0.3 is 4.57 Å². The fourth-order valence-electron chi connectivity index (χ4n) is 3.50. The van der Waals surface area contributed by atoms with Crippen LogP contribution in [-0.4, -0.2) is 37.7 Å². The second-order valence-corrected chi connectivity index (χ2v) is 6.96. The number of hydrogen-bond donors (Lipinski definition) is 0. The molecule has 0 radical (unpaired) electrons. The zero-order valence-corrected chi connectivity index (χ0v) is 14.4. The van der Waals surface area contributed by atoms with Crippen LogP contribution >= 0.6 is 0 Å². The van der Waals surface area contributed by atoms with Crippen LogP contribution in [0.3, 0.4) is 0 Å². The maximum absolute atomic E-state index is 12.0. The summed E-state index contributed by atoms with van der Waals surface area (Å²) < 4.78 is 3.25. The molecule has 0 amide bonds. The molecule has 24 heavy (non-hydrogen) atoms. The predicted octanol–water partition coefficient (Wildman–Crippen LogP) is 1.72. The molecule has 7 heteroatoms. The maximum atomic E-state index is 12.0. The number of aromatic nitrogens is 4. The Hall–Kier alpha value is -2.20. The molecular formula is C17H24N6O. The Morgan fingerprint density at radius 1 is 1.29 bits per heavy atom. The second-order valence-electron chi connectivity index (χ2n) is 6.96. The van der Waals surface area contributed by atoms with Gasteiger partial charge in [-0.3, -0.25) is 14.1 Å². The van der Waals surface area contributed by atoms with Gasteiger partial charge in [-0.1, -0.05) is 19.3 Å². The summed E-state index contributed by atoms with van der Waals surface area (Å²) in [6.45, 7) is 1.45. The van der Waals surface area contributed by atoms with Crippen molar-refractivity contribution in [2.24, 2.45) is 12.5 Å². The molecule has 128 valence electrons. The van der Waals surface area contributed by atoms with Crippen LogP contribution in [0.4, 0.5) is 0 Å². The number of rotatable bonds is 5. The minimum Gasteiger partial charge on any atom is -0.314 e. The number of hydrogen-bond acceptors (Lipinski definition) is 5. The lowest BCUT2D eigenvalue weighted by Gasteiger charge is -2.32. The predicted molar refractivity (Wildman–Crippen MR) is 90.3 cm³/mol. The molecule has 1 saturated carbocycles. The van der Waals surface area contributed by atoms with Crippen molar-refractivity contribution < 1.29 is 0 Å². The molecule has 1 fully saturated rings. The summed E-state index contributed by atoms with van der Waals surface area (Å²) in [5.41, 5.74) is 0.0451. The van der Waals surface area contributed by atoms with Gasteiger partial charge in [-0.15, -0.1) is 10.2 Å². The molecule has 1 aliphatic rings. The second kappa shape index (κ2) is 6.73. The van der Waals surface area contributed by atoms with E-state index in [2.05, 4.69) is 21.2 Å². The number of nitrogens with zero attached hydrogens (tertiary/aromatic N) is 6. The Kier molecular flexibility index (Phi) is 4.67. The smallest absolute Gasteiger partial charge is 0.295 e. The van der Waals surface area contributed by atoms with E-state index in [1.807, 2.05) is 13.2 Å². The van der Waals surface area contributed by atoms with Crippen molar-refractivity contribution in [3.63, 3.8) is 0 Å². The molecule has 7 nitrogen and oxygen atoms in total. The molecule has 0 bridgehead atoms. The van der Waals surface area contributed by atoms with E-state index in [1.54, 1.807) is 17.6 Å².